The van der Waals surface area contributed by atoms with E-state index in [4.69, 9.17) is 10.5 Å². The summed E-state index contributed by atoms with van der Waals surface area (Å²) in [6, 6.07) is 7.98. The molecule has 0 unspecified atom stereocenters. The van der Waals surface area contributed by atoms with Crippen LogP contribution in [0.25, 0.3) is 0 Å². The van der Waals surface area contributed by atoms with Crippen molar-refractivity contribution in [3.05, 3.63) is 29.8 Å². The molecule has 0 aromatic heterocycles. The monoisotopic (exact) mass is 320 g/mol. The fraction of sp³-hybridized carbons (Fsp3) is 0.529. The molecule has 0 bridgehead atoms. The average Bonchev–Trinajstić information content (AvgIpc) is 2.53. The van der Waals surface area contributed by atoms with Crippen LogP contribution in [0.5, 0.6) is 5.75 Å². The van der Waals surface area contributed by atoms with Gasteiger partial charge in [0.1, 0.15) is 5.75 Å². The van der Waals surface area contributed by atoms with Crippen LogP contribution in [0.1, 0.15) is 26.3 Å². The minimum atomic E-state index is -0.654. The van der Waals surface area contributed by atoms with Crippen LogP contribution in [0.3, 0.4) is 0 Å². The van der Waals surface area contributed by atoms with E-state index in [0.717, 1.165) is 25.3 Å². The molecule has 4 N–H and O–H groups in total. The zero-order valence-corrected chi connectivity index (χ0v) is 14.5. The molecule has 1 amide bonds. The third-order valence-corrected chi connectivity index (χ3v) is 3.51. The number of carbonyl (C=O) groups is 1. The normalized spacial score (nSPS) is 11.9. The Labute approximate surface area is 138 Å². The molecule has 1 rings (SSSR count). The fourth-order valence-electron chi connectivity index (χ4n) is 1.81. The van der Waals surface area contributed by atoms with Gasteiger partial charge >= 0.3 is 0 Å². The topological polar surface area (TPSA) is 88.7 Å². The third kappa shape index (κ3) is 6.59. The van der Waals surface area contributed by atoms with Crippen LogP contribution in [-0.2, 0) is 11.2 Å². The highest BCUT2D eigenvalue weighted by Gasteiger charge is 2.24. The number of hydrogen-bond acceptors (Lipinski definition) is 3. The van der Waals surface area contributed by atoms with Crippen LogP contribution in [-0.4, -0.2) is 38.6 Å². The van der Waals surface area contributed by atoms with Crippen molar-refractivity contribution in [3.63, 3.8) is 0 Å². The van der Waals surface area contributed by atoms with Gasteiger partial charge in [0, 0.05) is 13.1 Å². The zero-order chi connectivity index (χ0) is 17.3. The van der Waals surface area contributed by atoms with Crippen LogP contribution in [0.2, 0.25) is 0 Å². The molecule has 6 nitrogen and oxygen atoms in total. The van der Waals surface area contributed by atoms with E-state index < -0.39 is 5.41 Å². The van der Waals surface area contributed by atoms with Gasteiger partial charge in [-0.2, -0.15) is 0 Å². The minimum absolute atomic E-state index is 0.347. The Kier molecular flexibility index (Phi) is 7.38. The summed E-state index contributed by atoms with van der Waals surface area (Å²) < 4.78 is 5.14. The van der Waals surface area contributed by atoms with Crippen molar-refractivity contribution in [3.8, 4) is 5.75 Å². The molecule has 0 aliphatic carbocycles. The Bertz CT molecular complexity index is 524. The summed E-state index contributed by atoms with van der Waals surface area (Å²) in [5.41, 5.74) is 5.93. The number of carbonyl (C=O) groups excluding carboxylic acids is 1. The third-order valence-electron chi connectivity index (χ3n) is 3.51. The number of guanidine groups is 1. The van der Waals surface area contributed by atoms with Crippen LogP contribution < -0.4 is 21.1 Å². The summed E-state index contributed by atoms with van der Waals surface area (Å²) in [6.45, 7) is 7.43. The van der Waals surface area contributed by atoms with Crippen molar-refractivity contribution in [1.29, 1.82) is 0 Å². The summed E-state index contributed by atoms with van der Waals surface area (Å²) in [5, 5.41) is 6.43. The van der Waals surface area contributed by atoms with Crippen LogP contribution in [0.4, 0.5) is 0 Å². The van der Waals surface area contributed by atoms with E-state index in [0.29, 0.717) is 12.5 Å². The number of rotatable bonds is 8. The summed E-state index contributed by atoms with van der Waals surface area (Å²) in [4.78, 5) is 15.8. The first-order valence-electron chi connectivity index (χ1n) is 7.84. The number of nitrogens with zero attached hydrogens (tertiary/aromatic N) is 1. The highest BCUT2D eigenvalue weighted by atomic mass is 16.5. The number of hydrogen-bond donors (Lipinski definition) is 3. The molecule has 0 fully saturated rings. The molecular weight excluding hydrogens is 292 g/mol. The molecule has 1 aromatic carbocycles. The second-order valence-corrected chi connectivity index (χ2v) is 5.97. The molecular formula is C17H28N4O2. The summed E-state index contributed by atoms with van der Waals surface area (Å²) in [6.07, 6.45) is 0.869. The largest absolute Gasteiger partial charge is 0.497 e. The number of benzene rings is 1. The van der Waals surface area contributed by atoms with Gasteiger partial charge in [0.25, 0.3) is 0 Å². The van der Waals surface area contributed by atoms with Crippen molar-refractivity contribution in [2.75, 3.05) is 26.7 Å². The van der Waals surface area contributed by atoms with Crippen molar-refractivity contribution >= 4 is 11.9 Å². The van der Waals surface area contributed by atoms with E-state index in [9.17, 15) is 4.79 Å². The number of methoxy groups -OCH3 is 1. The fourth-order valence-corrected chi connectivity index (χ4v) is 1.81. The maximum Gasteiger partial charge on any atom is 0.224 e. The molecule has 6 heteroatoms. The highest BCUT2D eigenvalue weighted by Crippen LogP contribution is 2.14. The van der Waals surface area contributed by atoms with E-state index in [1.807, 2.05) is 31.2 Å². The highest BCUT2D eigenvalue weighted by molar-refractivity contribution is 5.82. The number of nitrogens with one attached hydrogen (secondary N) is 2. The molecule has 0 heterocycles. The molecule has 128 valence electrons. The number of amides is 1. The van der Waals surface area contributed by atoms with Crippen LogP contribution >= 0.6 is 0 Å². The van der Waals surface area contributed by atoms with Gasteiger partial charge in [-0.25, -0.2) is 0 Å². The van der Waals surface area contributed by atoms with Crippen LogP contribution in [0.15, 0.2) is 29.3 Å². The minimum Gasteiger partial charge on any atom is -0.497 e. The average molecular weight is 320 g/mol. The second-order valence-electron chi connectivity index (χ2n) is 5.97. The van der Waals surface area contributed by atoms with E-state index in [1.54, 1.807) is 21.0 Å². The summed E-state index contributed by atoms with van der Waals surface area (Å²) in [7, 11) is 1.66. The summed E-state index contributed by atoms with van der Waals surface area (Å²) in [5.74, 6) is 1.19. The molecule has 0 saturated carbocycles. The first-order valence-corrected chi connectivity index (χ1v) is 7.84. The lowest BCUT2D eigenvalue weighted by Crippen LogP contribution is -2.40. The smallest absolute Gasteiger partial charge is 0.224 e. The van der Waals surface area contributed by atoms with Gasteiger partial charge in [-0.3, -0.25) is 9.79 Å². The predicted octanol–water partition coefficient (Wildman–Crippen LogP) is 1.30. The molecule has 0 radical (unpaired) electrons. The van der Waals surface area contributed by atoms with Gasteiger partial charge in [0.05, 0.1) is 19.1 Å². The van der Waals surface area contributed by atoms with Crippen molar-refractivity contribution in [1.82, 2.24) is 10.6 Å². The number of aliphatic imine (C=N–C) groups is 1. The maximum absolute atomic E-state index is 11.3. The second kappa shape index (κ2) is 9.02. The standard InChI is InChI=1S/C17H28N4O2/c1-5-19-16(21-12-17(2,3)15(18)22)20-11-10-13-6-8-14(23-4)9-7-13/h6-9H,5,10-12H2,1-4H3,(H2,18,22)(H2,19,20,21). The number of primary amides is 1. The predicted molar refractivity (Wildman–Crippen MR) is 93.7 cm³/mol. The molecule has 0 saturated heterocycles. The first kappa shape index (κ1) is 18.8. The molecule has 0 aliphatic heterocycles. The van der Waals surface area contributed by atoms with E-state index in [2.05, 4.69) is 15.6 Å². The first-order chi connectivity index (χ1) is 10.9. The van der Waals surface area contributed by atoms with E-state index >= 15 is 0 Å². The molecule has 0 aliphatic rings. The Morgan fingerprint density at radius 2 is 1.91 bits per heavy atom. The Morgan fingerprint density at radius 3 is 2.43 bits per heavy atom. The zero-order valence-electron chi connectivity index (χ0n) is 14.5. The van der Waals surface area contributed by atoms with Crippen molar-refractivity contribution in [2.45, 2.75) is 27.2 Å². The number of nitrogens with two attached hydrogens (primary N) is 1. The van der Waals surface area contributed by atoms with Gasteiger partial charge in [-0.05, 0) is 44.9 Å². The maximum atomic E-state index is 11.3. The molecule has 0 atom stereocenters. The molecule has 1 aromatic rings. The van der Waals surface area contributed by atoms with Crippen molar-refractivity contribution < 1.29 is 9.53 Å². The Hall–Kier alpha value is -2.24. The molecule has 23 heavy (non-hydrogen) atoms. The quantitative estimate of drug-likeness (QED) is 0.498. The lowest BCUT2D eigenvalue weighted by Gasteiger charge is -2.19. The van der Waals surface area contributed by atoms with Gasteiger partial charge in [-0.15, -0.1) is 0 Å². The molecule has 0 spiro atoms. The lowest BCUT2D eigenvalue weighted by atomic mass is 9.93. The van der Waals surface area contributed by atoms with Crippen LogP contribution in [0, 0.1) is 5.41 Å². The SMILES string of the molecule is CCNC(=NCC(C)(C)C(N)=O)NCCc1ccc(OC)cc1. The lowest BCUT2D eigenvalue weighted by molar-refractivity contribution is -0.125. The van der Waals surface area contributed by atoms with Gasteiger partial charge in [-0.1, -0.05) is 12.1 Å². The van der Waals surface area contributed by atoms with E-state index in [-0.39, 0.29) is 5.91 Å². The Morgan fingerprint density at radius 1 is 1.26 bits per heavy atom. The number of ether oxygens (including phenoxy) is 1. The van der Waals surface area contributed by atoms with Gasteiger partial charge in [0.15, 0.2) is 5.96 Å². The van der Waals surface area contributed by atoms with Gasteiger partial charge < -0.3 is 21.1 Å². The summed E-state index contributed by atoms with van der Waals surface area (Å²) >= 11 is 0. The van der Waals surface area contributed by atoms with Gasteiger partial charge in [0.2, 0.25) is 5.91 Å². The van der Waals surface area contributed by atoms with E-state index in [1.165, 1.54) is 5.56 Å². The Balaban J connectivity index is 2.53. The van der Waals surface area contributed by atoms with Crippen molar-refractivity contribution in [2.24, 2.45) is 16.1 Å².